The van der Waals surface area contributed by atoms with Gasteiger partial charge >= 0.3 is 5.97 Å². The number of hydrogen-bond donors (Lipinski definition) is 1. The summed E-state index contributed by atoms with van der Waals surface area (Å²) in [4.78, 5) is 19.7. The number of piperidine rings is 1. The molecular formula is C15H23BrIN3O2S. The zero-order valence-electron chi connectivity index (χ0n) is 13.4. The van der Waals surface area contributed by atoms with E-state index in [9.17, 15) is 4.79 Å². The van der Waals surface area contributed by atoms with Gasteiger partial charge in [0.15, 0.2) is 5.96 Å². The van der Waals surface area contributed by atoms with Crippen LogP contribution in [-0.4, -0.2) is 43.6 Å². The molecule has 23 heavy (non-hydrogen) atoms. The molecule has 0 aliphatic carbocycles. The second-order valence-corrected chi connectivity index (χ2v) is 7.69. The molecule has 0 amide bonds. The molecule has 0 spiro atoms. The summed E-state index contributed by atoms with van der Waals surface area (Å²) >= 11 is 5.18. The Hall–Kier alpha value is -0.350. The van der Waals surface area contributed by atoms with E-state index in [0.29, 0.717) is 13.2 Å². The van der Waals surface area contributed by atoms with Crippen LogP contribution in [0.1, 0.15) is 24.6 Å². The molecule has 1 aromatic rings. The Morgan fingerprint density at radius 1 is 1.57 bits per heavy atom. The van der Waals surface area contributed by atoms with Gasteiger partial charge in [0.2, 0.25) is 0 Å². The largest absolute Gasteiger partial charge is 0.466 e. The number of carbonyl (C=O) groups is 1. The highest BCUT2D eigenvalue weighted by atomic mass is 127. The summed E-state index contributed by atoms with van der Waals surface area (Å²) in [6, 6.07) is 4.13. The van der Waals surface area contributed by atoms with Crippen LogP contribution in [0, 0.1) is 5.92 Å². The first kappa shape index (κ1) is 20.7. The third kappa shape index (κ3) is 6.22. The first-order valence-electron chi connectivity index (χ1n) is 7.50. The quantitative estimate of drug-likeness (QED) is 0.289. The van der Waals surface area contributed by atoms with Gasteiger partial charge in [0, 0.05) is 25.0 Å². The normalized spacial score (nSPS) is 18.3. The summed E-state index contributed by atoms with van der Waals surface area (Å²) in [5.74, 6) is 0.700. The van der Waals surface area contributed by atoms with Crippen LogP contribution in [0.15, 0.2) is 20.9 Å². The number of halogens is 2. The fourth-order valence-electron chi connectivity index (χ4n) is 2.57. The lowest BCUT2D eigenvalue weighted by atomic mass is 9.98. The lowest BCUT2D eigenvalue weighted by Crippen LogP contribution is -2.48. The van der Waals surface area contributed by atoms with Crippen molar-refractivity contribution < 1.29 is 9.53 Å². The predicted octanol–water partition coefficient (Wildman–Crippen LogP) is 3.48. The van der Waals surface area contributed by atoms with Crippen molar-refractivity contribution in [1.29, 1.82) is 0 Å². The fourth-order valence-corrected chi connectivity index (χ4v) is 3.99. The number of likely N-dealkylation sites (tertiary alicyclic amines) is 1. The number of nitrogens with one attached hydrogen (secondary N) is 1. The van der Waals surface area contributed by atoms with Crippen molar-refractivity contribution in [3.8, 4) is 0 Å². The molecule has 0 radical (unpaired) electrons. The van der Waals surface area contributed by atoms with Crippen LogP contribution >= 0.6 is 51.2 Å². The van der Waals surface area contributed by atoms with Crippen molar-refractivity contribution in [2.75, 3.05) is 26.7 Å². The van der Waals surface area contributed by atoms with Gasteiger partial charge in [0.25, 0.3) is 0 Å². The van der Waals surface area contributed by atoms with Gasteiger partial charge in [-0.2, -0.15) is 0 Å². The van der Waals surface area contributed by atoms with Crippen LogP contribution in [-0.2, 0) is 16.1 Å². The Kier molecular flexibility index (Phi) is 9.45. The Balaban J connectivity index is 0.00000264. The van der Waals surface area contributed by atoms with E-state index in [1.165, 1.54) is 4.88 Å². The first-order valence-corrected chi connectivity index (χ1v) is 9.11. The Morgan fingerprint density at radius 2 is 2.35 bits per heavy atom. The van der Waals surface area contributed by atoms with E-state index in [2.05, 4.69) is 37.2 Å². The van der Waals surface area contributed by atoms with Crippen molar-refractivity contribution >= 4 is 63.2 Å². The summed E-state index contributed by atoms with van der Waals surface area (Å²) in [6.07, 6.45) is 1.87. The first-order chi connectivity index (χ1) is 10.6. The van der Waals surface area contributed by atoms with Crippen LogP contribution in [0.3, 0.4) is 0 Å². The van der Waals surface area contributed by atoms with Crippen LogP contribution in [0.25, 0.3) is 0 Å². The van der Waals surface area contributed by atoms with Crippen molar-refractivity contribution in [1.82, 2.24) is 10.2 Å². The van der Waals surface area contributed by atoms with Crippen molar-refractivity contribution in [3.63, 3.8) is 0 Å². The van der Waals surface area contributed by atoms with Gasteiger partial charge in [-0.1, -0.05) is 0 Å². The zero-order valence-corrected chi connectivity index (χ0v) is 18.1. The lowest BCUT2D eigenvalue weighted by molar-refractivity contribution is -0.149. The van der Waals surface area contributed by atoms with Crippen molar-refractivity contribution in [3.05, 3.63) is 20.8 Å². The smallest absolute Gasteiger partial charge is 0.310 e. The molecule has 1 unspecified atom stereocenters. The molecule has 2 rings (SSSR count). The maximum absolute atomic E-state index is 11.9. The third-order valence-electron chi connectivity index (χ3n) is 3.60. The van der Waals surface area contributed by atoms with Gasteiger partial charge in [0.05, 0.1) is 22.9 Å². The van der Waals surface area contributed by atoms with E-state index in [1.54, 1.807) is 18.4 Å². The highest BCUT2D eigenvalue weighted by Crippen LogP contribution is 2.22. The van der Waals surface area contributed by atoms with E-state index in [4.69, 9.17) is 4.74 Å². The summed E-state index contributed by atoms with van der Waals surface area (Å²) in [5, 5.41) is 3.37. The predicted molar refractivity (Wildman–Crippen MR) is 109 cm³/mol. The minimum atomic E-state index is -0.0927. The zero-order chi connectivity index (χ0) is 15.9. The lowest BCUT2D eigenvalue weighted by Gasteiger charge is -2.33. The summed E-state index contributed by atoms with van der Waals surface area (Å²) in [5.41, 5.74) is 0. The molecule has 0 saturated carbocycles. The van der Waals surface area contributed by atoms with Crippen molar-refractivity contribution in [2.45, 2.75) is 26.3 Å². The topological polar surface area (TPSA) is 53.9 Å². The van der Waals surface area contributed by atoms with Crippen LogP contribution in [0.2, 0.25) is 0 Å². The number of aliphatic imine (C=N–C) groups is 1. The molecule has 5 nitrogen and oxygen atoms in total. The monoisotopic (exact) mass is 515 g/mol. The molecule has 8 heteroatoms. The van der Waals surface area contributed by atoms with Gasteiger partial charge in [-0.25, -0.2) is 0 Å². The van der Waals surface area contributed by atoms with E-state index < -0.39 is 0 Å². The Bertz CT molecular complexity index is 539. The average Bonchev–Trinajstić information content (AvgIpc) is 2.94. The van der Waals surface area contributed by atoms with Gasteiger partial charge in [-0.15, -0.1) is 35.3 Å². The maximum atomic E-state index is 11.9. The maximum Gasteiger partial charge on any atom is 0.310 e. The molecule has 1 aliphatic heterocycles. The third-order valence-corrected chi connectivity index (χ3v) is 5.23. The van der Waals surface area contributed by atoms with Gasteiger partial charge in [-0.3, -0.25) is 9.79 Å². The molecule has 1 aliphatic rings. The highest BCUT2D eigenvalue weighted by molar-refractivity contribution is 14.0. The van der Waals surface area contributed by atoms with Gasteiger partial charge in [0.1, 0.15) is 0 Å². The minimum absolute atomic E-state index is 0. The number of nitrogens with zero attached hydrogens (tertiary/aromatic N) is 2. The summed E-state index contributed by atoms with van der Waals surface area (Å²) in [6.45, 7) is 4.62. The molecule has 1 atom stereocenters. The Labute approximate surface area is 167 Å². The molecule has 1 fully saturated rings. The fraction of sp³-hybridized carbons (Fsp3) is 0.600. The van der Waals surface area contributed by atoms with Crippen LogP contribution in [0.4, 0.5) is 0 Å². The number of esters is 1. The molecule has 1 N–H and O–H groups in total. The molecule has 1 aromatic heterocycles. The average molecular weight is 516 g/mol. The second kappa shape index (κ2) is 10.5. The summed E-state index contributed by atoms with van der Waals surface area (Å²) in [7, 11) is 1.78. The number of carbonyl (C=O) groups excluding carboxylic acids is 1. The number of hydrogen-bond acceptors (Lipinski definition) is 4. The molecule has 0 bridgehead atoms. The SMILES string of the molecule is CCOC(=O)C1CCCN(C(=NC)NCc2ccc(Br)s2)C1.I. The highest BCUT2D eigenvalue weighted by Gasteiger charge is 2.28. The van der Waals surface area contributed by atoms with E-state index in [-0.39, 0.29) is 35.9 Å². The number of thiophene rings is 1. The Morgan fingerprint density at radius 3 is 2.96 bits per heavy atom. The van der Waals surface area contributed by atoms with Crippen molar-refractivity contribution in [2.24, 2.45) is 10.9 Å². The van der Waals surface area contributed by atoms with Crippen LogP contribution in [0.5, 0.6) is 0 Å². The molecule has 2 heterocycles. The minimum Gasteiger partial charge on any atom is -0.466 e. The molecule has 0 aromatic carbocycles. The summed E-state index contributed by atoms with van der Waals surface area (Å²) < 4.78 is 6.27. The standard InChI is InChI=1S/C15H22BrN3O2S.HI/c1-3-21-14(20)11-5-4-8-19(10-11)15(17-2)18-9-12-6-7-13(16)22-12;/h6-7,11H,3-5,8-10H2,1-2H3,(H,17,18);1H. The molecular weight excluding hydrogens is 493 g/mol. The molecule has 1 saturated heterocycles. The van der Waals surface area contributed by atoms with Gasteiger partial charge < -0.3 is 15.0 Å². The number of guanidine groups is 1. The number of rotatable bonds is 4. The van der Waals surface area contributed by atoms with Crippen LogP contribution < -0.4 is 5.32 Å². The van der Waals surface area contributed by atoms with E-state index in [1.807, 2.05) is 13.0 Å². The number of ether oxygens (including phenoxy) is 1. The second-order valence-electron chi connectivity index (χ2n) is 5.14. The molecule has 130 valence electrons. The van der Waals surface area contributed by atoms with E-state index in [0.717, 1.165) is 35.7 Å². The van der Waals surface area contributed by atoms with Gasteiger partial charge in [-0.05, 0) is 47.8 Å². The van der Waals surface area contributed by atoms with E-state index >= 15 is 0 Å².